The highest BCUT2D eigenvalue weighted by Gasteiger charge is 2.42. The summed E-state index contributed by atoms with van der Waals surface area (Å²) in [5.74, 6) is 1.53. The van der Waals surface area contributed by atoms with Crippen LogP contribution in [-0.4, -0.2) is 49.8 Å². The van der Waals surface area contributed by atoms with E-state index >= 15 is 0 Å². The number of fused-ring (bicyclic) bond motifs is 1. The van der Waals surface area contributed by atoms with Gasteiger partial charge in [-0.3, -0.25) is 0 Å². The van der Waals surface area contributed by atoms with Crippen LogP contribution in [0.1, 0.15) is 36.8 Å². The summed E-state index contributed by atoms with van der Waals surface area (Å²) in [5, 5.41) is 14.1. The molecular weight excluding hydrogens is 344 g/mol. The van der Waals surface area contributed by atoms with Crippen molar-refractivity contribution >= 4 is 0 Å². The molecule has 4 atom stereocenters. The number of nitrogens with one attached hydrogen (secondary N) is 1. The summed E-state index contributed by atoms with van der Waals surface area (Å²) in [4.78, 5) is 2.21. The van der Waals surface area contributed by atoms with E-state index in [4.69, 9.17) is 0 Å². The molecule has 0 aromatic heterocycles. The molecular formula is C25H38N2O. The van der Waals surface area contributed by atoms with Crippen molar-refractivity contribution in [1.82, 2.24) is 10.2 Å². The van der Waals surface area contributed by atoms with Gasteiger partial charge in [-0.15, -0.1) is 0 Å². The van der Waals surface area contributed by atoms with Gasteiger partial charge in [0, 0.05) is 19.0 Å². The molecule has 0 unspecified atom stereocenters. The molecule has 1 aromatic rings. The van der Waals surface area contributed by atoms with E-state index in [9.17, 15) is 5.11 Å². The molecule has 1 saturated carbocycles. The minimum Gasteiger partial charge on any atom is -0.392 e. The van der Waals surface area contributed by atoms with Gasteiger partial charge in [0.15, 0.2) is 0 Å². The molecule has 3 nitrogen and oxygen atoms in total. The lowest BCUT2D eigenvalue weighted by molar-refractivity contribution is 0.141. The normalized spacial score (nSPS) is 27.0. The number of allylic oxidation sites excluding steroid dienone is 2. The fourth-order valence-electron chi connectivity index (χ4n) is 4.84. The first kappa shape index (κ1) is 21.3. The van der Waals surface area contributed by atoms with Crippen molar-refractivity contribution in [1.29, 1.82) is 0 Å². The largest absolute Gasteiger partial charge is 0.392 e. The molecule has 3 heteroatoms. The van der Waals surface area contributed by atoms with Gasteiger partial charge in [0.25, 0.3) is 0 Å². The first-order valence-corrected chi connectivity index (χ1v) is 11.0. The Morgan fingerprint density at radius 3 is 2.86 bits per heavy atom. The maximum atomic E-state index is 10.5. The van der Waals surface area contributed by atoms with Crippen LogP contribution in [0.4, 0.5) is 0 Å². The number of benzene rings is 1. The molecule has 0 bridgehead atoms. The third-order valence-electron chi connectivity index (χ3n) is 6.35. The molecule has 0 heterocycles. The molecule has 2 aliphatic rings. The number of rotatable bonds is 10. The van der Waals surface area contributed by atoms with Gasteiger partial charge in [-0.2, -0.15) is 0 Å². The number of hydrogen-bond donors (Lipinski definition) is 2. The van der Waals surface area contributed by atoms with Gasteiger partial charge in [-0.1, -0.05) is 53.6 Å². The quantitative estimate of drug-likeness (QED) is 0.475. The predicted molar refractivity (Wildman–Crippen MR) is 118 cm³/mol. The Labute approximate surface area is 171 Å². The van der Waals surface area contributed by atoms with Gasteiger partial charge in [-0.05, 0) is 77.1 Å². The SMILES string of the molecule is Cc1cccc(CCC=C[C@@H]2[C@H]3CC(CCNCCN(C)C)=C[C@H]3C[C@H]2O)c1. The minimum atomic E-state index is -0.166. The smallest absolute Gasteiger partial charge is 0.0611 e. The van der Waals surface area contributed by atoms with E-state index in [-0.39, 0.29) is 6.10 Å². The first-order valence-electron chi connectivity index (χ1n) is 11.0. The van der Waals surface area contributed by atoms with Crippen LogP contribution in [-0.2, 0) is 6.42 Å². The maximum absolute atomic E-state index is 10.5. The van der Waals surface area contributed by atoms with Crippen LogP contribution in [0.15, 0.2) is 48.1 Å². The second-order valence-corrected chi connectivity index (χ2v) is 9.00. The number of hydrogen-bond acceptors (Lipinski definition) is 3. The van der Waals surface area contributed by atoms with E-state index in [0.29, 0.717) is 17.8 Å². The lowest BCUT2D eigenvalue weighted by Crippen LogP contribution is -2.27. The van der Waals surface area contributed by atoms with Crippen molar-refractivity contribution in [2.45, 2.75) is 45.1 Å². The Balaban J connectivity index is 1.42. The molecule has 1 aromatic carbocycles. The second kappa shape index (κ2) is 10.4. The number of aliphatic hydroxyl groups excluding tert-OH is 1. The predicted octanol–water partition coefficient (Wildman–Crippen LogP) is 3.97. The Morgan fingerprint density at radius 1 is 1.21 bits per heavy atom. The highest BCUT2D eigenvalue weighted by atomic mass is 16.3. The minimum absolute atomic E-state index is 0.166. The van der Waals surface area contributed by atoms with Gasteiger partial charge < -0.3 is 15.3 Å². The van der Waals surface area contributed by atoms with E-state index < -0.39 is 0 Å². The van der Waals surface area contributed by atoms with Crippen LogP contribution < -0.4 is 5.32 Å². The number of likely N-dealkylation sites (N-methyl/N-ethyl adjacent to an activating group) is 1. The lowest BCUT2D eigenvalue weighted by Gasteiger charge is -2.18. The van der Waals surface area contributed by atoms with Gasteiger partial charge in [0.2, 0.25) is 0 Å². The van der Waals surface area contributed by atoms with Crippen LogP contribution in [0.25, 0.3) is 0 Å². The average molecular weight is 383 g/mol. The summed E-state index contributed by atoms with van der Waals surface area (Å²) in [5.41, 5.74) is 4.33. The monoisotopic (exact) mass is 382 g/mol. The van der Waals surface area contributed by atoms with Crippen LogP contribution in [0.3, 0.4) is 0 Å². The van der Waals surface area contributed by atoms with Crippen LogP contribution in [0, 0.1) is 24.7 Å². The molecule has 0 saturated heterocycles. The molecule has 0 radical (unpaired) electrons. The van der Waals surface area contributed by atoms with E-state index in [1.807, 2.05) is 0 Å². The van der Waals surface area contributed by atoms with Gasteiger partial charge in [-0.25, -0.2) is 0 Å². The standard InChI is InChI=1S/C25H38N2O/c1-19-7-6-9-20(15-19)8-4-5-10-23-24-17-21(16-22(24)18-25(23)28)11-12-26-13-14-27(2)3/h5-7,9-10,15-16,22-26,28H,4,8,11-14,17-18H2,1-3H3/t22-,23+,24-,25+/m0/s1. The Kier molecular flexibility index (Phi) is 7.90. The van der Waals surface area contributed by atoms with Crippen molar-refractivity contribution in [3.8, 4) is 0 Å². The number of aryl methyl sites for hydroxylation is 2. The van der Waals surface area contributed by atoms with Gasteiger partial charge in [0.05, 0.1) is 6.10 Å². The molecule has 0 amide bonds. The number of nitrogens with zero attached hydrogens (tertiary/aromatic N) is 1. The van der Waals surface area contributed by atoms with Gasteiger partial charge >= 0.3 is 0 Å². The summed E-state index contributed by atoms with van der Waals surface area (Å²) < 4.78 is 0. The van der Waals surface area contributed by atoms with Crippen molar-refractivity contribution in [3.63, 3.8) is 0 Å². The zero-order valence-electron chi connectivity index (χ0n) is 17.9. The van der Waals surface area contributed by atoms with Crippen molar-refractivity contribution in [2.75, 3.05) is 33.7 Å². The van der Waals surface area contributed by atoms with E-state index in [2.05, 4.69) is 73.7 Å². The van der Waals surface area contributed by atoms with Crippen molar-refractivity contribution in [2.24, 2.45) is 17.8 Å². The van der Waals surface area contributed by atoms with Crippen molar-refractivity contribution < 1.29 is 5.11 Å². The fourth-order valence-corrected chi connectivity index (χ4v) is 4.84. The average Bonchev–Trinajstić information content (AvgIpc) is 3.15. The summed E-state index contributed by atoms with van der Waals surface area (Å²) >= 11 is 0. The summed E-state index contributed by atoms with van der Waals surface area (Å²) in [6.07, 6.45) is 12.3. The lowest BCUT2D eigenvalue weighted by atomic mass is 9.89. The maximum Gasteiger partial charge on any atom is 0.0611 e. The Hall–Kier alpha value is -1.42. The van der Waals surface area contributed by atoms with Gasteiger partial charge in [0.1, 0.15) is 0 Å². The van der Waals surface area contributed by atoms with Crippen LogP contribution >= 0.6 is 0 Å². The third-order valence-corrected chi connectivity index (χ3v) is 6.35. The van der Waals surface area contributed by atoms with E-state index in [0.717, 1.165) is 45.3 Å². The molecule has 28 heavy (non-hydrogen) atoms. The van der Waals surface area contributed by atoms with E-state index in [1.165, 1.54) is 17.5 Å². The molecule has 2 N–H and O–H groups in total. The molecule has 0 aliphatic heterocycles. The summed E-state index contributed by atoms with van der Waals surface area (Å²) in [6.45, 7) is 5.36. The fraction of sp³-hybridized carbons (Fsp3) is 0.600. The molecule has 3 rings (SSSR count). The van der Waals surface area contributed by atoms with Crippen molar-refractivity contribution in [3.05, 3.63) is 59.2 Å². The zero-order valence-corrected chi connectivity index (χ0v) is 17.9. The highest BCUT2D eigenvalue weighted by molar-refractivity contribution is 5.23. The molecule has 1 fully saturated rings. The highest BCUT2D eigenvalue weighted by Crippen LogP contribution is 2.47. The second-order valence-electron chi connectivity index (χ2n) is 9.00. The third kappa shape index (κ3) is 6.04. The topological polar surface area (TPSA) is 35.5 Å². The Morgan fingerprint density at radius 2 is 2.07 bits per heavy atom. The summed E-state index contributed by atoms with van der Waals surface area (Å²) in [7, 11) is 4.23. The molecule has 154 valence electrons. The molecule has 2 aliphatic carbocycles. The first-order chi connectivity index (χ1) is 13.5. The van der Waals surface area contributed by atoms with E-state index in [1.54, 1.807) is 5.57 Å². The molecule has 0 spiro atoms. The number of aliphatic hydroxyl groups is 1. The summed E-state index contributed by atoms with van der Waals surface area (Å²) in [6, 6.07) is 8.77. The Bertz CT molecular complexity index is 679. The zero-order chi connectivity index (χ0) is 19.9. The van der Waals surface area contributed by atoms with Crippen LogP contribution in [0.2, 0.25) is 0 Å². The van der Waals surface area contributed by atoms with Crippen LogP contribution in [0.5, 0.6) is 0 Å².